The number of hydrogen-bond acceptors (Lipinski definition) is 5. The van der Waals surface area contributed by atoms with E-state index < -0.39 is 6.04 Å². The summed E-state index contributed by atoms with van der Waals surface area (Å²) in [5, 5.41) is 23.0. The lowest BCUT2D eigenvalue weighted by Gasteiger charge is -2.24. The molecule has 0 aliphatic heterocycles. The number of fused-ring (bicyclic) bond motifs is 1. The molecule has 1 atom stereocenters. The molecule has 0 spiro atoms. The summed E-state index contributed by atoms with van der Waals surface area (Å²) in [6.07, 6.45) is 8.18. The first kappa shape index (κ1) is 25.3. The van der Waals surface area contributed by atoms with Gasteiger partial charge in [0.2, 0.25) is 0 Å². The Labute approximate surface area is 231 Å². The van der Waals surface area contributed by atoms with Gasteiger partial charge in [0.15, 0.2) is 0 Å². The normalized spacial score (nSPS) is 14.5. The molecule has 1 fully saturated rings. The molecule has 1 aliphatic carbocycles. The molecule has 3 aromatic carbocycles. The fourth-order valence-corrected chi connectivity index (χ4v) is 5.40. The number of benzene rings is 3. The maximum absolute atomic E-state index is 13.2. The standard InChI is InChI=1S/C30H30N8O2/c39-28(34-29-35-37-38-36-29)23-12-10-22(11-13-23)27(21-8-6-20(7-9-21)19-4-2-1-3-5-19)33-30(40)32-25-14-15-26-24(18-25)16-17-31-26/h6-19,27,31H,1-5H2,(H2,32,33,40)(H2,34,35,36,37,38,39). The molecular weight excluding hydrogens is 504 g/mol. The number of carbonyl (C=O) groups is 2. The SMILES string of the molecule is O=C(Nc1ccc2[nH]ccc2c1)NC(c1ccc(C(=O)Nc2nn[nH]n2)cc1)c1ccc(C2CCCCC2)cc1. The van der Waals surface area contributed by atoms with Crippen molar-refractivity contribution >= 4 is 34.5 Å². The van der Waals surface area contributed by atoms with E-state index in [-0.39, 0.29) is 17.9 Å². The zero-order chi connectivity index (χ0) is 27.3. The Balaban J connectivity index is 1.23. The van der Waals surface area contributed by atoms with Crippen molar-refractivity contribution in [3.63, 3.8) is 0 Å². The van der Waals surface area contributed by atoms with Gasteiger partial charge in [0.25, 0.3) is 11.9 Å². The quantitative estimate of drug-likeness (QED) is 0.177. The zero-order valence-electron chi connectivity index (χ0n) is 21.9. The maximum atomic E-state index is 13.2. The Hall–Kier alpha value is -4.99. The van der Waals surface area contributed by atoms with Crippen LogP contribution in [0.5, 0.6) is 0 Å². The summed E-state index contributed by atoms with van der Waals surface area (Å²) in [6.45, 7) is 0. The van der Waals surface area contributed by atoms with Gasteiger partial charge in [-0.2, -0.15) is 5.21 Å². The van der Waals surface area contributed by atoms with Crippen LogP contribution < -0.4 is 16.0 Å². The zero-order valence-corrected chi connectivity index (χ0v) is 21.9. The molecule has 10 heteroatoms. The lowest BCUT2D eigenvalue weighted by molar-refractivity contribution is 0.102. The Bertz CT molecular complexity index is 1590. The Morgan fingerprint density at radius 1 is 0.850 bits per heavy atom. The first-order valence-electron chi connectivity index (χ1n) is 13.5. The summed E-state index contributed by atoms with van der Waals surface area (Å²) in [6, 6.07) is 22.6. The number of tetrazole rings is 1. The maximum Gasteiger partial charge on any atom is 0.319 e. The minimum Gasteiger partial charge on any atom is -0.361 e. The molecule has 1 unspecified atom stereocenters. The second-order valence-corrected chi connectivity index (χ2v) is 10.1. The topological polar surface area (TPSA) is 140 Å². The molecule has 6 rings (SSSR count). The summed E-state index contributed by atoms with van der Waals surface area (Å²) in [7, 11) is 0. The largest absolute Gasteiger partial charge is 0.361 e. The Morgan fingerprint density at radius 2 is 1.60 bits per heavy atom. The van der Waals surface area contributed by atoms with Crippen LogP contribution in [0, 0.1) is 0 Å². The van der Waals surface area contributed by atoms with Crippen LogP contribution in [0.3, 0.4) is 0 Å². The van der Waals surface area contributed by atoms with E-state index in [2.05, 4.69) is 65.8 Å². The highest BCUT2D eigenvalue weighted by Crippen LogP contribution is 2.33. The van der Waals surface area contributed by atoms with E-state index in [1.807, 2.05) is 42.6 Å². The summed E-state index contributed by atoms with van der Waals surface area (Å²) in [5.74, 6) is 0.339. The third kappa shape index (κ3) is 5.70. The minimum absolute atomic E-state index is 0.0983. The van der Waals surface area contributed by atoms with Gasteiger partial charge in [0.05, 0.1) is 6.04 Å². The highest BCUT2D eigenvalue weighted by atomic mass is 16.2. The van der Waals surface area contributed by atoms with Crippen LogP contribution in [0.1, 0.15) is 71.1 Å². The number of carbonyl (C=O) groups excluding carboxylic acids is 2. The van der Waals surface area contributed by atoms with Crippen molar-refractivity contribution in [1.82, 2.24) is 30.9 Å². The predicted molar refractivity (Wildman–Crippen MR) is 153 cm³/mol. The van der Waals surface area contributed by atoms with Gasteiger partial charge < -0.3 is 15.6 Å². The van der Waals surface area contributed by atoms with Crippen molar-refractivity contribution in [2.75, 3.05) is 10.6 Å². The van der Waals surface area contributed by atoms with Crippen LogP contribution in [0.25, 0.3) is 10.9 Å². The second-order valence-electron chi connectivity index (χ2n) is 10.1. The van der Waals surface area contributed by atoms with Crippen LogP contribution in [-0.4, -0.2) is 37.5 Å². The second kappa shape index (κ2) is 11.4. The molecule has 0 saturated heterocycles. The van der Waals surface area contributed by atoms with Crippen molar-refractivity contribution in [3.05, 3.63) is 101 Å². The van der Waals surface area contributed by atoms with Crippen LogP contribution in [0.15, 0.2) is 79.0 Å². The molecule has 0 radical (unpaired) electrons. The van der Waals surface area contributed by atoms with Crippen LogP contribution in [0.2, 0.25) is 0 Å². The monoisotopic (exact) mass is 534 g/mol. The molecule has 40 heavy (non-hydrogen) atoms. The average molecular weight is 535 g/mol. The summed E-state index contributed by atoms with van der Waals surface area (Å²) in [5.41, 5.74) is 5.29. The van der Waals surface area contributed by atoms with Gasteiger partial charge in [-0.1, -0.05) is 60.8 Å². The van der Waals surface area contributed by atoms with Crippen LogP contribution >= 0.6 is 0 Å². The summed E-state index contributed by atoms with van der Waals surface area (Å²) >= 11 is 0. The molecule has 10 nitrogen and oxygen atoms in total. The van der Waals surface area contributed by atoms with Gasteiger partial charge in [0, 0.05) is 28.4 Å². The smallest absolute Gasteiger partial charge is 0.319 e. The fraction of sp³-hybridized carbons (Fsp3) is 0.233. The molecule has 202 valence electrons. The molecule has 2 aromatic heterocycles. The Morgan fingerprint density at radius 3 is 2.33 bits per heavy atom. The highest BCUT2D eigenvalue weighted by Gasteiger charge is 2.20. The lowest BCUT2D eigenvalue weighted by atomic mass is 9.83. The average Bonchev–Trinajstić information content (AvgIpc) is 3.69. The number of nitrogens with one attached hydrogen (secondary N) is 5. The van der Waals surface area contributed by atoms with E-state index in [9.17, 15) is 9.59 Å². The number of amides is 3. The number of urea groups is 1. The fourth-order valence-electron chi connectivity index (χ4n) is 5.40. The van der Waals surface area contributed by atoms with Gasteiger partial charge in [-0.25, -0.2) is 4.79 Å². The van der Waals surface area contributed by atoms with Gasteiger partial charge in [-0.15, -0.1) is 5.10 Å². The third-order valence-corrected chi connectivity index (χ3v) is 7.51. The van der Waals surface area contributed by atoms with Crippen LogP contribution in [-0.2, 0) is 0 Å². The van der Waals surface area contributed by atoms with Crippen molar-refractivity contribution in [1.29, 1.82) is 0 Å². The predicted octanol–water partition coefficient (Wildman–Crippen LogP) is 5.89. The van der Waals surface area contributed by atoms with Gasteiger partial charge in [-0.05, 0) is 77.1 Å². The van der Waals surface area contributed by atoms with Crippen LogP contribution in [0.4, 0.5) is 16.4 Å². The first-order valence-corrected chi connectivity index (χ1v) is 13.5. The lowest BCUT2D eigenvalue weighted by Crippen LogP contribution is -2.33. The van der Waals surface area contributed by atoms with E-state index in [4.69, 9.17) is 0 Å². The van der Waals surface area contributed by atoms with E-state index in [0.717, 1.165) is 22.0 Å². The molecule has 5 N–H and O–H groups in total. The molecule has 2 heterocycles. The van der Waals surface area contributed by atoms with E-state index in [1.165, 1.54) is 37.7 Å². The molecular formula is C30H30N8O2. The molecule has 0 bridgehead atoms. The molecule has 3 amide bonds. The number of rotatable bonds is 7. The van der Waals surface area contributed by atoms with Gasteiger partial charge >= 0.3 is 6.03 Å². The van der Waals surface area contributed by atoms with E-state index in [1.54, 1.807) is 12.1 Å². The van der Waals surface area contributed by atoms with Gasteiger partial charge in [-0.3, -0.25) is 10.1 Å². The number of hydrogen-bond donors (Lipinski definition) is 5. The third-order valence-electron chi connectivity index (χ3n) is 7.51. The Kier molecular flexibility index (Phi) is 7.21. The van der Waals surface area contributed by atoms with Crippen molar-refractivity contribution < 1.29 is 9.59 Å². The number of H-pyrrole nitrogens is 2. The van der Waals surface area contributed by atoms with Crippen molar-refractivity contribution in [2.45, 2.75) is 44.1 Å². The minimum atomic E-state index is -0.425. The summed E-state index contributed by atoms with van der Waals surface area (Å²) < 4.78 is 0. The first-order chi connectivity index (χ1) is 19.6. The number of nitrogens with zero attached hydrogens (tertiary/aromatic N) is 3. The number of aromatic nitrogens is 5. The number of aromatic amines is 2. The van der Waals surface area contributed by atoms with Crippen molar-refractivity contribution in [2.24, 2.45) is 0 Å². The molecule has 1 saturated carbocycles. The van der Waals surface area contributed by atoms with E-state index >= 15 is 0 Å². The summed E-state index contributed by atoms with van der Waals surface area (Å²) in [4.78, 5) is 28.9. The van der Waals surface area contributed by atoms with E-state index in [0.29, 0.717) is 17.2 Å². The van der Waals surface area contributed by atoms with Gasteiger partial charge in [0.1, 0.15) is 0 Å². The molecule has 1 aliphatic rings. The highest BCUT2D eigenvalue weighted by molar-refractivity contribution is 6.03. The van der Waals surface area contributed by atoms with Crippen molar-refractivity contribution in [3.8, 4) is 0 Å². The number of anilines is 2. The molecule has 5 aromatic rings.